The van der Waals surface area contributed by atoms with Crippen molar-refractivity contribution in [2.45, 2.75) is 40.5 Å². The molecule has 2 N–H and O–H groups in total. The lowest BCUT2D eigenvalue weighted by Gasteiger charge is -2.17. The van der Waals surface area contributed by atoms with Gasteiger partial charge in [-0.2, -0.15) is 0 Å². The van der Waals surface area contributed by atoms with Crippen LogP contribution in [-0.4, -0.2) is 34.5 Å². The number of aromatic nitrogens is 2. The van der Waals surface area contributed by atoms with E-state index in [1.165, 1.54) is 0 Å². The number of hydrogen-bond donors (Lipinski definition) is 1. The lowest BCUT2D eigenvalue weighted by Crippen LogP contribution is -2.26. The topological polar surface area (TPSA) is 55.0 Å². The summed E-state index contributed by atoms with van der Waals surface area (Å²) in [5.41, 5.74) is 6.90. The van der Waals surface area contributed by atoms with Gasteiger partial charge in [0.2, 0.25) is 0 Å². The molecule has 1 rings (SSSR count). The zero-order valence-corrected chi connectivity index (χ0v) is 12.1. The third-order valence-electron chi connectivity index (χ3n) is 3.01. The van der Waals surface area contributed by atoms with Crippen molar-refractivity contribution in [3.8, 4) is 0 Å². The van der Waals surface area contributed by atoms with E-state index in [0.717, 1.165) is 44.0 Å². The SMILES string of the molecule is CCN(CC)CCc1nc(N)cc(CC(C)C)n1. The highest BCUT2D eigenvalue weighted by Gasteiger charge is 2.06. The number of likely N-dealkylation sites (N-methyl/N-ethyl adjacent to an activating group) is 1. The van der Waals surface area contributed by atoms with Crippen LogP contribution in [0.25, 0.3) is 0 Å². The minimum absolute atomic E-state index is 0.593. The Morgan fingerprint density at radius 1 is 1.22 bits per heavy atom. The van der Waals surface area contributed by atoms with Crippen molar-refractivity contribution in [2.75, 3.05) is 25.4 Å². The molecule has 18 heavy (non-hydrogen) atoms. The van der Waals surface area contributed by atoms with E-state index in [2.05, 4.69) is 42.6 Å². The minimum atomic E-state index is 0.593. The Kier molecular flexibility index (Phi) is 6.05. The Balaban J connectivity index is 2.67. The van der Waals surface area contributed by atoms with E-state index < -0.39 is 0 Å². The second-order valence-electron chi connectivity index (χ2n) is 5.08. The zero-order valence-electron chi connectivity index (χ0n) is 12.1. The minimum Gasteiger partial charge on any atom is -0.384 e. The van der Waals surface area contributed by atoms with E-state index in [-0.39, 0.29) is 0 Å². The first kappa shape index (κ1) is 14.9. The summed E-state index contributed by atoms with van der Waals surface area (Å²) < 4.78 is 0. The standard InChI is InChI=1S/C14H26N4/c1-5-18(6-2)8-7-14-16-12(9-11(3)4)10-13(15)17-14/h10-11H,5-9H2,1-4H3,(H2,15,16,17). The molecule has 0 aliphatic rings. The third kappa shape index (κ3) is 5.00. The van der Waals surface area contributed by atoms with Crippen molar-refractivity contribution in [1.29, 1.82) is 0 Å². The van der Waals surface area contributed by atoms with Crippen LogP contribution in [0.15, 0.2) is 6.07 Å². The molecule has 0 aliphatic carbocycles. The molecule has 0 atom stereocenters. The molecule has 0 saturated carbocycles. The van der Waals surface area contributed by atoms with Crippen LogP contribution in [0.5, 0.6) is 0 Å². The van der Waals surface area contributed by atoms with Crippen molar-refractivity contribution in [2.24, 2.45) is 5.92 Å². The molecule has 0 spiro atoms. The molecule has 0 unspecified atom stereocenters. The normalized spacial score (nSPS) is 11.4. The first-order valence-electron chi connectivity index (χ1n) is 6.89. The molecule has 4 heteroatoms. The third-order valence-corrected chi connectivity index (χ3v) is 3.01. The second kappa shape index (κ2) is 7.31. The maximum Gasteiger partial charge on any atom is 0.132 e. The number of nitrogens with zero attached hydrogens (tertiary/aromatic N) is 3. The van der Waals surface area contributed by atoms with Gasteiger partial charge in [-0.1, -0.05) is 27.7 Å². The van der Waals surface area contributed by atoms with Crippen molar-refractivity contribution in [3.05, 3.63) is 17.6 Å². The molecule has 0 bridgehead atoms. The van der Waals surface area contributed by atoms with Gasteiger partial charge in [0.25, 0.3) is 0 Å². The average molecular weight is 250 g/mol. The van der Waals surface area contributed by atoms with Gasteiger partial charge in [-0.3, -0.25) is 0 Å². The van der Waals surface area contributed by atoms with Gasteiger partial charge in [0.15, 0.2) is 0 Å². The maximum atomic E-state index is 5.84. The first-order valence-corrected chi connectivity index (χ1v) is 6.89. The predicted molar refractivity (Wildman–Crippen MR) is 76.5 cm³/mol. The molecule has 4 nitrogen and oxygen atoms in total. The highest BCUT2D eigenvalue weighted by Crippen LogP contribution is 2.09. The fourth-order valence-electron chi connectivity index (χ4n) is 2.01. The van der Waals surface area contributed by atoms with Crippen molar-refractivity contribution < 1.29 is 0 Å². The van der Waals surface area contributed by atoms with Crippen molar-refractivity contribution in [3.63, 3.8) is 0 Å². The summed E-state index contributed by atoms with van der Waals surface area (Å²) in [6.07, 6.45) is 1.84. The van der Waals surface area contributed by atoms with Crippen LogP contribution in [0.1, 0.15) is 39.2 Å². The molecule has 0 saturated heterocycles. The van der Waals surface area contributed by atoms with Crippen LogP contribution in [0.4, 0.5) is 5.82 Å². The predicted octanol–water partition coefficient (Wildman–Crippen LogP) is 2.14. The van der Waals surface area contributed by atoms with E-state index in [0.29, 0.717) is 11.7 Å². The molecule has 0 fully saturated rings. The van der Waals surface area contributed by atoms with Crippen molar-refractivity contribution in [1.82, 2.24) is 14.9 Å². The maximum absolute atomic E-state index is 5.84. The van der Waals surface area contributed by atoms with Gasteiger partial charge in [0.05, 0.1) is 0 Å². The van der Waals surface area contributed by atoms with E-state index >= 15 is 0 Å². The van der Waals surface area contributed by atoms with Gasteiger partial charge in [0.1, 0.15) is 11.6 Å². The highest BCUT2D eigenvalue weighted by molar-refractivity contribution is 5.30. The summed E-state index contributed by atoms with van der Waals surface area (Å²) in [6.45, 7) is 11.9. The molecular formula is C14H26N4. The zero-order chi connectivity index (χ0) is 13.5. The summed E-state index contributed by atoms with van der Waals surface area (Å²) in [5, 5.41) is 0. The largest absolute Gasteiger partial charge is 0.384 e. The van der Waals surface area contributed by atoms with Crippen molar-refractivity contribution >= 4 is 5.82 Å². The molecule has 102 valence electrons. The van der Waals surface area contributed by atoms with E-state index in [1.54, 1.807) is 0 Å². The Bertz CT molecular complexity index is 359. The summed E-state index contributed by atoms with van der Waals surface area (Å²) in [6, 6.07) is 1.89. The summed E-state index contributed by atoms with van der Waals surface area (Å²) in [7, 11) is 0. The van der Waals surface area contributed by atoms with Gasteiger partial charge in [-0.05, 0) is 25.4 Å². The molecule has 0 aromatic carbocycles. The lowest BCUT2D eigenvalue weighted by molar-refractivity contribution is 0.305. The Hall–Kier alpha value is -1.16. The van der Waals surface area contributed by atoms with Crippen LogP contribution >= 0.6 is 0 Å². The quantitative estimate of drug-likeness (QED) is 0.805. The lowest BCUT2D eigenvalue weighted by atomic mass is 10.1. The molecule has 1 aromatic rings. The van der Waals surface area contributed by atoms with Gasteiger partial charge in [-0.25, -0.2) is 9.97 Å². The Labute approximate surface area is 111 Å². The number of nitrogen functional groups attached to an aromatic ring is 1. The Morgan fingerprint density at radius 3 is 2.44 bits per heavy atom. The summed E-state index contributed by atoms with van der Waals surface area (Å²) in [4.78, 5) is 11.3. The molecule has 0 radical (unpaired) electrons. The van der Waals surface area contributed by atoms with Gasteiger partial charge in [0, 0.05) is 24.7 Å². The van der Waals surface area contributed by atoms with Crippen LogP contribution in [0.2, 0.25) is 0 Å². The molecular weight excluding hydrogens is 224 g/mol. The van der Waals surface area contributed by atoms with Crippen LogP contribution in [0, 0.1) is 5.92 Å². The second-order valence-corrected chi connectivity index (χ2v) is 5.08. The average Bonchev–Trinajstić information content (AvgIpc) is 2.28. The van der Waals surface area contributed by atoms with Crippen LogP contribution < -0.4 is 5.73 Å². The number of anilines is 1. The van der Waals surface area contributed by atoms with Gasteiger partial charge < -0.3 is 10.6 Å². The monoisotopic (exact) mass is 250 g/mol. The fraction of sp³-hybridized carbons (Fsp3) is 0.714. The van der Waals surface area contributed by atoms with Gasteiger partial charge >= 0.3 is 0 Å². The van der Waals surface area contributed by atoms with E-state index in [9.17, 15) is 0 Å². The number of hydrogen-bond acceptors (Lipinski definition) is 4. The van der Waals surface area contributed by atoms with E-state index in [1.807, 2.05) is 6.07 Å². The number of nitrogens with two attached hydrogens (primary N) is 1. The molecule has 1 aromatic heterocycles. The Morgan fingerprint density at radius 2 is 1.89 bits per heavy atom. The first-order chi connectivity index (χ1) is 8.55. The molecule has 1 heterocycles. The van der Waals surface area contributed by atoms with E-state index in [4.69, 9.17) is 5.73 Å². The summed E-state index contributed by atoms with van der Waals surface area (Å²) in [5.74, 6) is 2.06. The molecule has 0 aliphatic heterocycles. The smallest absolute Gasteiger partial charge is 0.132 e. The van der Waals surface area contributed by atoms with Gasteiger partial charge in [-0.15, -0.1) is 0 Å². The summed E-state index contributed by atoms with van der Waals surface area (Å²) >= 11 is 0. The number of rotatable bonds is 7. The fourth-order valence-corrected chi connectivity index (χ4v) is 2.01. The van der Waals surface area contributed by atoms with Crippen LogP contribution in [0.3, 0.4) is 0 Å². The highest BCUT2D eigenvalue weighted by atomic mass is 15.1. The van der Waals surface area contributed by atoms with Crippen LogP contribution in [-0.2, 0) is 12.8 Å². The molecule has 0 amide bonds.